The normalized spacial score (nSPS) is 11.8. The maximum absolute atomic E-state index is 11.5. The molecule has 1 aromatic rings. The second kappa shape index (κ2) is 18.6. The topological polar surface area (TPSA) is 200 Å². The van der Waals surface area contributed by atoms with Gasteiger partial charge in [0.25, 0.3) is 5.69 Å². The fraction of sp³-hybridized carbons (Fsp3) is 0.696. The molecular formula is C23H40N4O11S. The van der Waals surface area contributed by atoms with Gasteiger partial charge in [0, 0.05) is 19.2 Å². The van der Waals surface area contributed by atoms with Gasteiger partial charge in [-0.1, -0.05) is 0 Å². The lowest BCUT2D eigenvalue weighted by Crippen LogP contribution is -2.34. The Kier molecular flexibility index (Phi) is 16.5. The van der Waals surface area contributed by atoms with Crippen LogP contribution in [0.1, 0.15) is 20.8 Å². The van der Waals surface area contributed by atoms with Crippen molar-refractivity contribution in [2.75, 3.05) is 84.5 Å². The molecule has 0 aliphatic rings. The minimum atomic E-state index is -4.04. The number of nitrogens with two attached hydrogens (primary N) is 1. The summed E-state index contributed by atoms with van der Waals surface area (Å²) in [6.07, 6.45) is -0.478. The Labute approximate surface area is 228 Å². The number of carbonyl (C=O) groups is 1. The monoisotopic (exact) mass is 580 g/mol. The summed E-state index contributed by atoms with van der Waals surface area (Å²) in [6, 6.07) is 3.39. The molecule has 0 radical (unpaired) electrons. The van der Waals surface area contributed by atoms with Gasteiger partial charge in [-0.3, -0.25) is 10.1 Å². The lowest BCUT2D eigenvalue weighted by molar-refractivity contribution is -0.384. The zero-order valence-corrected chi connectivity index (χ0v) is 23.5. The van der Waals surface area contributed by atoms with Crippen molar-refractivity contribution in [1.82, 2.24) is 5.32 Å². The molecule has 1 rings (SSSR count). The molecule has 0 bridgehead atoms. The fourth-order valence-corrected chi connectivity index (χ4v) is 3.30. The molecule has 0 saturated heterocycles. The van der Waals surface area contributed by atoms with Crippen LogP contribution in [-0.2, 0) is 38.4 Å². The molecule has 0 aliphatic heterocycles. The van der Waals surface area contributed by atoms with Crippen molar-refractivity contribution >= 4 is 27.5 Å². The number of alkyl carbamates (subject to hydrolysis) is 1. The number of benzene rings is 1. The minimum Gasteiger partial charge on any atom is -0.444 e. The Morgan fingerprint density at radius 1 is 0.872 bits per heavy atom. The lowest BCUT2D eigenvalue weighted by atomic mass is 10.2. The number of nitrogens with zero attached hydrogens (tertiary/aromatic N) is 1. The maximum atomic E-state index is 11.5. The van der Waals surface area contributed by atoms with E-state index in [0.717, 1.165) is 6.07 Å². The van der Waals surface area contributed by atoms with Crippen LogP contribution in [0.3, 0.4) is 0 Å². The summed E-state index contributed by atoms with van der Waals surface area (Å²) in [5.41, 5.74) is -0.767. The zero-order chi connectivity index (χ0) is 29.2. The van der Waals surface area contributed by atoms with Crippen LogP contribution in [0.2, 0.25) is 0 Å². The van der Waals surface area contributed by atoms with Gasteiger partial charge in [0.1, 0.15) is 11.3 Å². The average Bonchev–Trinajstić information content (AvgIpc) is 2.83. The van der Waals surface area contributed by atoms with Gasteiger partial charge in [-0.2, -0.15) is 0 Å². The molecule has 0 fully saturated rings. The molecule has 39 heavy (non-hydrogen) atoms. The van der Waals surface area contributed by atoms with E-state index in [2.05, 4.69) is 10.6 Å². The van der Waals surface area contributed by atoms with Crippen molar-refractivity contribution in [1.29, 1.82) is 0 Å². The van der Waals surface area contributed by atoms with Gasteiger partial charge in [-0.05, 0) is 32.9 Å². The number of anilines is 1. The van der Waals surface area contributed by atoms with Gasteiger partial charge in [-0.25, -0.2) is 18.4 Å². The fourth-order valence-electron chi connectivity index (χ4n) is 2.77. The van der Waals surface area contributed by atoms with E-state index in [4.69, 9.17) is 33.6 Å². The summed E-state index contributed by atoms with van der Waals surface area (Å²) in [5.74, 6) is 0. The SMILES string of the molecule is CC(C)(C)OC(=O)NCCOCCOCCOCCOCCOCCNc1ccc(S(N)(=O)=O)cc1[N+](=O)[O-]. The number of rotatable bonds is 21. The van der Waals surface area contributed by atoms with Crippen molar-refractivity contribution in [2.24, 2.45) is 5.14 Å². The Bertz CT molecular complexity index is 971. The van der Waals surface area contributed by atoms with Crippen LogP contribution in [0.25, 0.3) is 0 Å². The highest BCUT2D eigenvalue weighted by atomic mass is 32.2. The van der Waals surface area contributed by atoms with Crippen molar-refractivity contribution in [3.63, 3.8) is 0 Å². The van der Waals surface area contributed by atoms with Crippen LogP contribution in [0.5, 0.6) is 0 Å². The summed E-state index contributed by atoms with van der Waals surface area (Å²) < 4.78 is 54.8. The van der Waals surface area contributed by atoms with Crippen LogP contribution in [0.4, 0.5) is 16.2 Å². The number of hydrogen-bond acceptors (Lipinski definition) is 12. The predicted molar refractivity (Wildman–Crippen MR) is 141 cm³/mol. The van der Waals surface area contributed by atoms with Gasteiger partial charge < -0.3 is 39.1 Å². The van der Waals surface area contributed by atoms with Gasteiger partial charge in [0.05, 0.1) is 75.9 Å². The lowest BCUT2D eigenvalue weighted by Gasteiger charge is -2.19. The number of carbonyl (C=O) groups excluding carboxylic acids is 1. The van der Waals surface area contributed by atoms with Crippen molar-refractivity contribution < 1.29 is 46.6 Å². The van der Waals surface area contributed by atoms with E-state index in [1.54, 1.807) is 20.8 Å². The number of ether oxygens (including phenoxy) is 6. The minimum absolute atomic E-state index is 0.161. The van der Waals surface area contributed by atoms with Crippen LogP contribution in [-0.4, -0.2) is 104 Å². The first-order chi connectivity index (χ1) is 18.4. The molecule has 4 N–H and O–H groups in total. The van der Waals surface area contributed by atoms with Crippen LogP contribution in [0.15, 0.2) is 23.1 Å². The smallest absolute Gasteiger partial charge is 0.407 e. The van der Waals surface area contributed by atoms with Gasteiger partial charge in [-0.15, -0.1) is 0 Å². The summed E-state index contributed by atoms with van der Waals surface area (Å²) in [6.45, 7) is 9.72. The molecule has 16 heteroatoms. The van der Waals surface area contributed by atoms with Crippen LogP contribution < -0.4 is 15.8 Å². The number of hydrogen-bond donors (Lipinski definition) is 3. The van der Waals surface area contributed by atoms with Crippen LogP contribution >= 0.6 is 0 Å². The Morgan fingerprint density at radius 2 is 1.33 bits per heavy atom. The van der Waals surface area contributed by atoms with Crippen LogP contribution in [0, 0.1) is 10.1 Å². The number of amides is 1. The van der Waals surface area contributed by atoms with E-state index in [1.807, 2.05) is 0 Å². The van der Waals surface area contributed by atoms with Crippen molar-refractivity contribution in [2.45, 2.75) is 31.3 Å². The first-order valence-electron chi connectivity index (χ1n) is 12.3. The first-order valence-corrected chi connectivity index (χ1v) is 13.9. The molecule has 0 spiro atoms. The van der Waals surface area contributed by atoms with Crippen molar-refractivity contribution in [3.05, 3.63) is 28.3 Å². The standard InChI is InChI=1S/C23H40N4O11S/c1-23(2,3)38-22(28)26-7-9-34-11-13-36-15-17-37-16-14-35-12-10-33-8-6-25-20-5-4-19(39(24,31)32)18-21(20)27(29)30/h4-5,18,25H,6-17H2,1-3H3,(H,26,28)(H2,24,31,32). The molecule has 1 amide bonds. The average molecular weight is 581 g/mol. The number of nitro benzene ring substituents is 1. The first kappa shape index (κ1) is 34.4. The Balaban J connectivity index is 1.92. The largest absolute Gasteiger partial charge is 0.444 e. The third kappa shape index (κ3) is 17.6. The summed E-state index contributed by atoms with van der Waals surface area (Å²) in [7, 11) is -4.04. The summed E-state index contributed by atoms with van der Waals surface area (Å²) >= 11 is 0. The molecule has 0 aromatic heterocycles. The number of primary sulfonamides is 1. The van der Waals surface area contributed by atoms with Crippen molar-refractivity contribution in [3.8, 4) is 0 Å². The zero-order valence-electron chi connectivity index (χ0n) is 22.6. The number of sulfonamides is 1. The molecule has 0 heterocycles. The van der Waals surface area contributed by atoms with Gasteiger partial charge >= 0.3 is 6.09 Å². The summed E-state index contributed by atoms with van der Waals surface area (Å²) in [4.78, 5) is 21.6. The molecule has 15 nitrogen and oxygen atoms in total. The predicted octanol–water partition coefficient (Wildman–Crippen LogP) is 1.26. The highest BCUT2D eigenvalue weighted by molar-refractivity contribution is 7.89. The quantitative estimate of drug-likeness (QED) is 0.107. The molecule has 0 atom stereocenters. The second-order valence-electron chi connectivity index (χ2n) is 8.90. The van der Waals surface area contributed by atoms with Gasteiger partial charge in [0.15, 0.2) is 0 Å². The highest BCUT2D eigenvalue weighted by Crippen LogP contribution is 2.26. The molecular weight excluding hydrogens is 540 g/mol. The van der Waals surface area contributed by atoms with E-state index < -0.39 is 32.3 Å². The van der Waals surface area contributed by atoms with E-state index in [0.29, 0.717) is 66.0 Å². The molecule has 1 aromatic carbocycles. The van der Waals surface area contributed by atoms with Gasteiger partial charge in [0.2, 0.25) is 10.0 Å². The molecule has 224 valence electrons. The maximum Gasteiger partial charge on any atom is 0.407 e. The Morgan fingerprint density at radius 3 is 1.77 bits per heavy atom. The van der Waals surface area contributed by atoms with E-state index >= 15 is 0 Å². The third-order valence-electron chi connectivity index (χ3n) is 4.46. The van der Waals surface area contributed by atoms with E-state index in [1.165, 1.54) is 12.1 Å². The number of nitro groups is 1. The number of nitrogens with one attached hydrogen (secondary N) is 2. The van der Waals surface area contributed by atoms with E-state index in [-0.39, 0.29) is 23.7 Å². The Hall–Kier alpha value is -2.60. The molecule has 0 aliphatic carbocycles. The third-order valence-corrected chi connectivity index (χ3v) is 5.37. The second-order valence-corrected chi connectivity index (χ2v) is 10.5. The highest BCUT2D eigenvalue weighted by Gasteiger charge is 2.19. The molecule has 0 unspecified atom stereocenters. The molecule has 0 saturated carbocycles. The van der Waals surface area contributed by atoms with E-state index in [9.17, 15) is 23.3 Å². The summed E-state index contributed by atoms with van der Waals surface area (Å²) in [5, 5.41) is 21.6.